The molecule has 0 aromatic rings. The van der Waals surface area contributed by atoms with Crippen molar-refractivity contribution in [2.24, 2.45) is 4.99 Å². The Balaban J connectivity index is 1.68. The Kier molecular flexibility index (Phi) is 7.00. The van der Waals surface area contributed by atoms with Crippen LogP contribution in [0.3, 0.4) is 0 Å². The summed E-state index contributed by atoms with van der Waals surface area (Å²) in [4.78, 5) is 18.6. The van der Waals surface area contributed by atoms with Gasteiger partial charge in [0.2, 0.25) is 5.91 Å². The van der Waals surface area contributed by atoms with Crippen molar-refractivity contribution in [3.05, 3.63) is 0 Å². The maximum Gasteiger partial charge on any atom is 0.224 e. The van der Waals surface area contributed by atoms with Crippen LogP contribution in [-0.4, -0.2) is 49.0 Å². The molecule has 2 aliphatic rings. The zero-order valence-corrected chi connectivity index (χ0v) is 14.2. The van der Waals surface area contributed by atoms with Gasteiger partial charge < -0.3 is 15.5 Å². The van der Waals surface area contributed by atoms with Crippen LogP contribution in [-0.2, 0) is 4.79 Å². The molecular formula is C17H32N4O. The smallest absolute Gasteiger partial charge is 0.224 e. The fourth-order valence-electron chi connectivity index (χ4n) is 3.53. The maximum atomic E-state index is 12.3. The van der Waals surface area contributed by atoms with Crippen LogP contribution in [0.1, 0.15) is 64.7 Å². The maximum absolute atomic E-state index is 12.3. The number of amides is 1. The monoisotopic (exact) mass is 308 g/mol. The highest BCUT2D eigenvalue weighted by Crippen LogP contribution is 2.18. The molecule has 0 spiro atoms. The molecule has 1 aliphatic heterocycles. The van der Waals surface area contributed by atoms with Crippen LogP contribution in [0.25, 0.3) is 0 Å². The Labute approximate surface area is 134 Å². The molecule has 1 unspecified atom stereocenters. The van der Waals surface area contributed by atoms with Crippen LogP contribution in [0.5, 0.6) is 0 Å². The van der Waals surface area contributed by atoms with Crippen LogP contribution in [0.2, 0.25) is 0 Å². The fourth-order valence-corrected chi connectivity index (χ4v) is 3.53. The molecule has 0 aromatic carbocycles. The third-order valence-corrected chi connectivity index (χ3v) is 4.92. The number of hydrogen-bond acceptors (Lipinski definition) is 2. The summed E-state index contributed by atoms with van der Waals surface area (Å²) in [7, 11) is 1.80. The second kappa shape index (κ2) is 9.01. The SMILES string of the molecule is CN=C(NCCC(=O)N1CCCCC1C)NC1CCCCC1. The lowest BCUT2D eigenvalue weighted by Gasteiger charge is -2.33. The molecular weight excluding hydrogens is 276 g/mol. The number of guanidine groups is 1. The van der Waals surface area contributed by atoms with E-state index in [9.17, 15) is 4.79 Å². The van der Waals surface area contributed by atoms with Crippen LogP contribution in [0.15, 0.2) is 4.99 Å². The summed E-state index contributed by atoms with van der Waals surface area (Å²) < 4.78 is 0. The predicted octanol–water partition coefficient (Wildman–Crippen LogP) is 2.28. The van der Waals surface area contributed by atoms with Gasteiger partial charge in [-0.05, 0) is 39.0 Å². The zero-order valence-electron chi connectivity index (χ0n) is 14.2. The van der Waals surface area contributed by atoms with Gasteiger partial charge >= 0.3 is 0 Å². The Hall–Kier alpha value is -1.26. The minimum Gasteiger partial charge on any atom is -0.356 e. The van der Waals surface area contributed by atoms with Gasteiger partial charge in [0.05, 0.1) is 0 Å². The van der Waals surface area contributed by atoms with Gasteiger partial charge in [0.25, 0.3) is 0 Å². The lowest BCUT2D eigenvalue weighted by molar-refractivity contribution is -0.134. The van der Waals surface area contributed by atoms with Crippen molar-refractivity contribution >= 4 is 11.9 Å². The van der Waals surface area contributed by atoms with Crippen molar-refractivity contribution in [3.63, 3.8) is 0 Å². The molecule has 22 heavy (non-hydrogen) atoms. The molecule has 1 saturated carbocycles. The number of rotatable bonds is 4. The number of carbonyl (C=O) groups is 1. The second-order valence-corrected chi connectivity index (χ2v) is 6.66. The molecule has 2 N–H and O–H groups in total. The third kappa shape index (κ3) is 5.18. The second-order valence-electron chi connectivity index (χ2n) is 6.66. The van der Waals surface area contributed by atoms with E-state index in [1.807, 2.05) is 4.90 Å². The number of nitrogens with zero attached hydrogens (tertiary/aromatic N) is 2. The molecule has 126 valence electrons. The first kappa shape index (κ1) is 17.1. The van der Waals surface area contributed by atoms with E-state index in [0.29, 0.717) is 25.0 Å². The van der Waals surface area contributed by atoms with Gasteiger partial charge in [-0.1, -0.05) is 19.3 Å². The number of hydrogen-bond donors (Lipinski definition) is 2. The number of likely N-dealkylation sites (tertiary alicyclic amines) is 1. The molecule has 2 fully saturated rings. The van der Waals surface area contributed by atoms with Gasteiger partial charge in [-0.15, -0.1) is 0 Å². The Morgan fingerprint density at radius 2 is 1.86 bits per heavy atom. The molecule has 5 heteroatoms. The van der Waals surface area contributed by atoms with Crippen LogP contribution >= 0.6 is 0 Å². The van der Waals surface area contributed by atoms with Gasteiger partial charge in [0.1, 0.15) is 0 Å². The fraction of sp³-hybridized carbons (Fsp3) is 0.882. The molecule has 0 bridgehead atoms. The molecule has 1 heterocycles. The van der Waals surface area contributed by atoms with E-state index in [0.717, 1.165) is 25.3 Å². The Morgan fingerprint density at radius 1 is 1.14 bits per heavy atom. The van der Waals surface area contributed by atoms with Crippen molar-refractivity contribution in [2.75, 3.05) is 20.1 Å². The molecule has 1 amide bonds. The van der Waals surface area contributed by atoms with Crippen LogP contribution < -0.4 is 10.6 Å². The van der Waals surface area contributed by atoms with Crippen LogP contribution in [0, 0.1) is 0 Å². The predicted molar refractivity (Wildman–Crippen MR) is 91.0 cm³/mol. The first-order chi connectivity index (χ1) is 10.7. The molecule has 0 aromatic heterocycles. The minimum atomic E-state index is 0.271. The molecule has 5 nitrogen and oxygen atoms in total. The molecule has 1 aliphatic carbocycles. The third-order valence-electron chi connectivity index (χ3n) is 4.92. The average Bonchev–Trinajstić information content (AvgIpc) is 2.55. The summed E-state index contributed by atoms with van der Waals surface area (Å²) in [6.45, 7) is 3.75. The van der Waals surface area contributed by atoms with E-state index in [2.05, 4.69) is 22.5 Å². The highest BCUT2D eigenvalue weighted by molar-refractivity contribution is 5.81. The van der Waals surface area contributed by atoms with E-state index in [1.54, 1.807) is 7.05 Å². The summed E-state index contributed by atoms with van der Waals surface area (Å²) in [5.41, 5.74) is 0. The van der Waals surface area contributed by atoms with Gasteiger partial charge in [-0.3, -0.25) is 9.79 Å². The molecule has 1 saturated heterocycles. The van der Waals surface area contributed by atoms with Crippen LogP contribution in [0.4, 0.5) is 0 Å². The highest BCUT2D eigenvalue weighted by atomic mass is 16.2. The molecule has 0 radical (unpaired) electrons. The first-order valence-electron chi connectivity index (χ1n) is 8.97. The van der Waals surface area contributed by atoms with Gasteiger partial charge in [0, 0.05) is 38.6 Å². The Morgan fingerprint density at radius 3 is 2.55 bits per heavy atom. The lowest BCUT2D eigenvalue weighted by Crippen LogP contribution is -2.46. The summed E-state index contributed by atoms with van der Waals surface area (Å²) in [6, 6.07) is 0.943. The van der Waals surface area contributed by atoms with Crippen molar-refractivity contribution in [1.29, 1.82) is 0 Å². The zero-order chi connectivity index (χ0) is 15.8. The quantitative estimate of drug-likeness (QED) is 0.619. The summed E-state index contributed by atoms with van der Waals surface area (Å²) >= 11 is 0. The average molecular weight is 308 g/mol. The molecule has 1 atom stereocenters. The summed E-state index contributed by atoms with van der Waals surface area (Å²) in [5, 5.41) is 6.77. The lowest BCUT2D eigenvalue weighted by atomic mass is 9.96. The van der Waals surface area contributed by atoms with Crippen molar-refractivity contribution in [3.8, 4) is 0 Å². The highest BCUT2D eigenvalue weighted by Gasteiger charge is 2.22. The first-order valence-corrected chi connectivity index (χ1v) is 8.97. The van der Waals surface area contributed by atoms with Crippen molar-refractivity contribution in [1.82, 2.24) is 15.5 Å². The van der Waals surface area contributed by atoms with Gasteiger partial charge in [0.15, 0.2) is 5.96 Å². The van der Waals surface area contributed by atoms with E-state index in [-0.39, 0.29) is 5.91 Å². The largest absolute Gasteiger partial charge is 0.356 e. The number of piperidine rings is 1. The topological polar surface area (TPSA) is 56.7 Å². The van der Waals surface area contributed by atoms with Gasteiger partial charge in [-0.25, -0.2) is 0 Å². The Bertz CT molecular complexity index is 377. The minimum absolute atomic E-state index is 0.271. The van der Waals surface area contributed by atoms with E-state index >= 15 is 0 Å². The summed E-state index contributed by atoms with van der Waals surface area (Å²) in [5.74, 6) is 1.11. The van der Waals surface area contributed by atoms with E-state index in [1.165, 1.54) is 38.5 Å². The van der Waals surface area contributed by atoms with Crippen molar-refractivity contribution < 1.29 is 4.79 Å². The molecule has 2 rings (SSSR count). The van der Waals surface area contributed by atoms with Crippen molar-refractivity contribution in [2.45, 2.75) is 76.8 Å². The number of nitrogens with one attached hydrogen (secondary N) is 2. The van der Waals surface area contributed by atoms with E-state index < -0.39 is 0 Å². The number of aliphatic imine (C=N–C) groups is 1. The summed E-state index contributed by atoms with van der Waals surface area (Å²) in [6.07, 6.45) is 10.5. The standard InChI is InChI=1S/C17H32N4O/c1-14-8-6-7-13-21(14)16(22)11-12-19-17(18-2)20-15-9-4-3-5-10-15/h14-15H,3-13H2,1-2H3,(H2,18,19,20). The van der Waals surface area contributed by atoms with Gasteiger partial charge in [-0.2, -0.15) is 0 Å². The normalized spacial score (nSPS) is 24.2. The van der Waals surface area contributed by atoms with E-state index in [4.69, 9.17) is 0 Å². The number of carbonyl (C=O) groups excluding carboxylic acids is 1.